The second-order valence-electron chi connectivity index (χ2n) is 3.66. The van der Waals surface area contributed by atoms with Gasteiger partial charge in [-0.25, -0.2) is 0 Å². The van der Waals surface area contributed by atoms with Gasteiger partial charge in [-0.2, -0.15) is 0 Å². The van der Waals surface area contributed by atoms with Crippen molar-refractivity contribution in [1.29, 1.82) is 0 Å². The number of ketones is 1. The van der Waals surface area contributed by atoms with Gasteiger partial charge < -0.3 is 4.79 Å². The lowest BCUT2D eigenvalue weighted by atomic mass is 10.2. The Hall–Kier alpha value is -0.480. The molecule has 0 aromatic heterocycles. The SMILES string of the molecule is CC(=O)CCCCS(=O)c1ccc(Br)cc1. The Labute approximate surface area is 107 Å². The molecule has 0 aliphatic heterocycles. The maximum Gasteiger partial charge on any atom is 0.129 e. The molecule has 0 radical (unpaired) electrons. The highest BCUT2D eigenvalue weighted by Crippen LogP contribution is 2.14. The van der Waals surface area contributed by atoms with Crippen molar-refractivity contribution in [3.63, 3.8) is 0 Å². The van der Waals surface area contributed by atoms with E-state index in [0.717, 1.165) is 22.2 Å². The fourth-order valence-electron chi connectivity index (χ4n) is 1.31. The van der Waals surface area contributed by atoms with E-state index in [1.165, 1.54) is 0 Å². The molecule has 0 fully saturated rings. The molecule has 0 aliphatic carbocycles. The molecule has 0 saturated carbocycles. The molecule has 88 valence electrons. The zero-order chi connectivity index (χ0) is 12.0. The fourth-order valence-corrected chi connectivity index (χ4v) is 2.72. The molecule has 0 aliphatic rings. The number of carbonyl (C=O) groups excluding carboxylic acids is 1. The molecule has 0 N–H and O–H groups in total. The van der Waals surface area contributed by atoms with Crippen LogP contribution in [0.25, 0.3) is 0 Å². The van der Waals surface area contributed by atoms with Crippen LogP contribution in [0.2, 0.25) is 0 Å². The van der Waals surface area contributed by atoms with Crippen molar-refractivity contribution in [3.05, 3.63) is 28.7 Å². The number of hydrogen-bond donors (Lipinski definition) is 0. The number of halogens is 1. The first-order chi connectivity index (χ1) is 7.59. The Kier molecular flexibility index (Phi) is 5.91. The molecule has 0 spiro atoms. The van der Waals surface area contributed by atoms with Crippen LogP contribution in [0.5, 0.6) is 0 Å². The van der Waals surface area contributed by atoms with Gasteiger partial charge in [-0.15, -0.1) is 0 Å². The van der Waals surface area contributed by atoms with Crippen LogP contribution in [0.15, 0.2) is 33.6 Å². The third-order valence-electron chi connectivity index (χ3n) is 2.19. The van der Waals surface area contributed by atoms with Crippen LogP contribution < -0.4 is 0 Å². The van der Waals surface area contributed by atoms with E-state index in [9.17, 15) is 9.00 Å². The molecule has 16 heavy (non-hydrogen) atoms. The molecule has 0 saturated heterocycles. The van der Waals surface area contributed by atoms with Gasteiger partial charge >= 0.3 is 0 Å². The van der Waals surface area contributed by atoms with Crippen LogP contribution in [0.4, 0.5) is 0 Å². The van der Waals surface area contributed by atoms with Crippen LogP contribution in [-0.4, -0.2) is 15.7 Å². The van der Waals surface area contributed by atoms with E-state index in [2.05, 4.69) is 15.9 Å². The standard InChI is InChI=1S/C12H15BrO2S/c1-10(14)4-2-3-9-16(15)12-7-5-11(13)6-8-12/h5-8H,2-4,9H2,1H3. The van der Waals surface area contributed by atoms with Crippen LogP contribution in [0.3, 0.4) is 0 Å². The molecule has 1 aromatic carbocycles. The minimum Gasteiger partial charge on any atom is -0.300 e. The van der Waals surface area contributed by atoms with Crippen molar-refractivity contribution in [2.24, 2.45) is 0 Å². The highest BCUT2D eigenvalue weighted by atomic mass is 79.9. The van der Waals surface area contributed by atoms with Gasteiger partial charge in [0.05, 0.1) is 10.8 Å². The van der Waals surface area contributed by atoms with Crippen molar-refractivity contribution >= 4 is 32.5 Å². The molecule has 1 atom stereocenters. The van der Waals surface area contributed by atoms with E-state index in [0.29, 0.717) is 12.2 Å². The van der Waals surface area contributed by atoms with Gasteiger partial charge in [0, 0.05) is 21.5 Å². The largest absolute Gasteiger partial charge is 0.300 e. The third kappa shape index (κ3) is 5.03. The van der Waals surface area contributed by atoms with Crippen LogP contribution in [-0.2, 0) is 15.6 Å². The lowest BCUT2D eigenvalue weighted by molar-refractivity contribution is -0.117. The molecule has 4 heteroatoms. The highest BCUT2D eigenvalue weighted by molar-refractivity contribution is 9.10. The zero-order valence-corrected chi connectivity index (χ0v) is 11.6. The Morgan fingerprint density at radius 2 is 1.88 bits per heavy atom. The van der Waals surface area contributed by atoms with Crippen LogP contribution >= 0.6 is 15.9 Å². The fraction of sp³-hybridized carbons (Fsp3) is 0.417. The summed E-state index contributed by atoms with van der Waals surface area (Å²) in [5, 5.41) is 0. The quantitative estimate of drug-likeness (QED) is 0.756. The molecular weight excluding hydrogens is 288 g/mol. The summed E-state index contributed by atoms with van der Waals surface area (Å²) in [7, 11) is -0.939. The van der Waals surface area contributed by atoms with Gasteiger partial charge in [0.1, 0.15) is 5.78 Å². The summed E-state index contributed by atoms with van der Waals surface area (Å²) in [5.74, 6) is 0.837. The maximum absolute atomic E-state index is 11.8. The Morgan fingerprint density at radius 3 is 2.44 bits per heavy atom. The molecule has 0 amide bonds. The molecule has 1 rings (SSSR count). The van der Waals surface area contributed by atoms with E-state index < -0.39 is 10.8 Å². The topological polar surface area (TPSA) is 34.1 Å². The van der Waals surface area contributed by atoms with Crippen molar-refractivity contribution < 1.29 is 9.00 Å². The summed E-state index contributed by atoms with van der Waals surface area (Å²) in [6.07, 6.45) is 2.26. The van der Waals surface area contributed by atoms with E-state index >= 15 is 0 Å². The molecule has 0 bridgehead atoms. The second-order valence-corrected chi connectivity index (χ2v) is 6.15. The average Bonchev–Trinajstić information content (AvgIpc) is 2.25. The van der Waals surface area contributed by atoms with E-state index in [4.69, 9.17) is 0 Å². The summed E-state index contributed by atoms with van der Waals surface area (Å²) < 4.78 is 12.8. The molecule has 1 aromatic rings. The summed E-state index contributed by atoms with van der Waals surface area (Å²) >= 11 is 3.34. The normalized spacial score (nSPS) is 12.4. The second kappa shape index (κ2) is 6.97. The molecule has 2 nitrogen and oxygen atoms in total. The summed E-state index contributed by atoms with van der Waals surface area (Å²) in [5.41, 5.74) is 0. The van der Waals surface area contributed by atoms with Crippen LogP contribution in [0.1, 0.15) is 26.2 Å². The Bertz CT molecular complexity index is 373. The Balaban J connectivity index is 2.35. The van der Waals surface area contributed by atoms with E-state index in [1.54, 1.807) is 6.92 Å². The number of benzene rings is 1. The minimum absolute atomic E-state index is 0.203. The monoisotopic (exact) mass is 302 g/mol. The highest BCUT2D eigenvalue weighted by Gasteiger charge is 2.03. The first-order valence-corrected chi connectivity index (χ1v) is 7.34. The van der Waals surface area contributed by atoms with Crippen molar-refractivity contribution in [1.82, 2.24) is 0 Å². The molecule has 1 unspecified atom stereocenters. The molecule has 0 heterocycles. The first-order valence-electron chi connectivity index (χ1n) is 5.23. The van der Waals surface area contributed by atoms with Gasteiger partial charge in [-0.3, -0.25) is 4.21 Å². The predicted octanol–water partition coefficient (Wildman–Crippen LogP) is 3.32. The van der Waals surface area contributed by atoms with Gasteiger partial charge in [0.2, 0.25) is 0 Å². The number of Topliss-reactive ketones (excluding diaryl/α,β-unsaturated/α-hetero) is 1. The smallest absolute Gasteiger partial charge is 0.129 e. The summed E-state index contributed by atoms with van der Waals surface area (Å²) in [6.45, 7) is 1.59. The minimum atomic E-state index is -0.939. The average molecular weight is 303 g/mol. The number of rotatable bonds is 6. The van der Waals surface area contributed by atoms with Crippen LogP contribution in [0, 0.1) is 0 Å². The predicted molar refractivity (Wildman–Crippen MR) is 69.9 cm³/mol. The van der Waals surface area contributed by atoms with Crippen molar-refractivity contribution in [2.45, 2.75) is 31.1 Å². The third-order valence-corrected chi connectivity index (χ3v) is 4.17. The summed E-state index contributed by atoms with van der Waals surface area (Å²) in [6, 6.07) is 7.52. The van der Waals surface area contributed by atoms with E-state index in [-0.39, 0.29) is 5.78 Å². The van der Waals surface area contributed by atoms with E-state index in [1.807, 2.05) is 24.3 Å². The van der Waals surface area contributed by atoms with Gasteiger partial charge in [0.25, 0.3) is 0 Å². The summed E-state index contributed by atoms with van der Waals surface area (Å²) in [4.78, 5) is 11.6. The van der Waals surface area contributed by atoms with Crippen molar-refractivity contribution in [2.75, 3.05) is 5.75 Å². The Morgan fingerprint density at radius 1 is 1.25 bits per heavy atom. The van der Waals surface area contributed by atoms with Gasteiger partial charge in [0.15, 0.2) is 0 Å². The number of hydrogen-bond acceptors (Lipinski definition) is 2. The zero-order valence-electron chi connectivity index (χ0n) is 9.24. The number of unbranched alkanes of at least 4 members (excludes halogenated alkanes) is 1. The van der Waals surface area contributed by atoms with Gasteiger partial charge in [-0.1, -0.05) is 15.9 Å². The first kappa shape index (κ1) is 13.6. The lowest BCUT2D eigenvalue weighted by Gasteiger charge is -2.02. The molecular formula is C12H15BrO2S. The maximum atomic E-state index is 11.8. The lowest BCUT2D eigenvalue weighted by Crippen LogP contribution is -1.99. The number of carbonyl (C=O) groups is 1. The van der Waals surface area contributed by atoms with Crippen molar-refractivity contribution in [3.8, 4) is 0 Å². The van der Waals surface area contributed by atoms with Gasteiger partial charge in [-0.05, 0) is 44.0 Å².